The molecular weight excluding hydrogens is 292 g/mol. The molecule has 0 aliphatic heterocycles. The van der Waals surface area contributed by atoms with Crippen LogP contribution in [-0.2, 0) is 19.2 Å². The lowest BCUT2D eigenvalue weighted by molar-refractivity contribution is -0.142. The maximum atomic E-state index is 11.8. The van der Waals surface area contributed by atoms with Crippen LogP contribution in [0.5, 0.6) is 0 Å². The average molecular weight is 314 g/mol. The van der Waals surface area contributed by atoms with Gasteiger partial charge in [0.2, 0.25) is 17.7 Å². The Morgan fingerprint density at radius 1 is 1.18 bits per heavy atom. The van der Waals surface area contributed by atoms with Gasteiger partial charge in [-0.05, 0) is 12.3 Å². The quantitative estimate of drug-likeness (QED) is 0.311. The number of carboxylic acids is 1. The molecule has 0 fully saturated rings. The Hall–Kier alpha value is -2.42. The molecule has 0 aliphatic carbocycles. The number of nitrogens with one attached hydrogen (secondary N) is 2. The van der Waals surface area contributed by atoms with Crippen molar-refractivity contribution in [3.8, 4) is 0 Å². The van der Waals surface area contributed by atoms with E-state index in [4.69, 9.17) is 16.6 Å². The van der Waals surface area contributed by atoms with Crippen LogP contribution in [0.4, 0.5) is 0 Å². The van der Waals surface area contributed by atoms with Crippen molar-refractivity contribution >= 4 is 23.7 Å². The van der Waals surface area contributed by atoms with Crippen LogP contribution in [-0.4, -0.2) is 47.4 Å². The van der Waals surface area contributed by atoms with Crippen LogP contribution in [0.15, 0.2) is 12.2 Å². The standard InChI is InChI=1S/C13H22N4O5/c1-7(2)5-9(13(21)22)17-12(20)8(14)6-16-11(19)4-3-10(15)18/h3-4,7-9H,5-6,14H2,1-2H3,(H2,15,18)(H,16,19)(H,17,20)(H,21,22). The van der Waals surface area contributed by atoms with E-state index in [2.05, 4.69) is 10.6 Å². The normalized spacial score (nSPS) is 13.6. The summed E-state index contributed by atoms with van der Waals surface area (Å²) in [5.41, 5.74) is 10.4. The highest BCUT2D eigenvalue weighted by atomic mass is 16.4. The van der Waals surface area contributed by atoms with E-state index < -0.39 is 35.8 Å². The van der Waals surface area contributed by atoms with E-state index in [0.29, 0.717) is 0 Å². The number of hydrogen-bond donors (Lipinski definition) is 5. The van der Waals surface area contributed by atoms with Crippen LogP contribution in [0, 0.1) is 5.92 Å². The Morgan fingerprint density at radius 3 is 2.23 bits per heavy atom. The van der Waals surface area contributed by atoms with Crippen LogP contribution in [0.2, 0.25) is 0 Å². The topological polar surface area (TPSA) is 165 Å². The molecular formula is C13H22N4O5. The third-order valence-corrected chi connectivity index (χ3v) is 2.55. The Labute approximate surface area is 128 Å². The highest BCUT2D eigenvalue weighted by molar-refractivity contribution is 5.96. The predicted octanol–water partition coefficient (Wildman–Crippen LogP) is -1.91. The molecule has 124 valence electrons. The minimum atomic E-state index is -1.15. The number of primary amides is 1. The van der Waals surface area contributed by atoms with Crippen molar-refractivity contribution in [2.75, 3.05) is 6.54 Å². The van der Waals surface area contributed by atoms with Gasteiger partial charge in [0.05, 0.1) is 0 Å². The van der Waals surface area contributed by atoms with Crippen molar-refractivity contribution in [3.05, 3.63) is 12.2 Å². The van der Waals surface area contributed by atoms with E-state index in [9.17, 15) is 19.2 Å². The molecule has 0 bridgehead atoms. The first-order valence-corrected chi connectivity index (χ1v) is 6.67. The number of carbonyl (C=O) groups excluding carboxylic acids is 3. The maximum Gasteiger partial charge on any atom is 0.326 e. The fraction of sp³-hybridized carbons (Fsp3) is 0.538. The second kappa shape index (κ2) is 9.50. The van der Waals surface area contributed by atoms with Gasteiger partial charge in [0.25, 0.3) is 0 Å². The number of amides is 3. The zero-order valence-electron chi connectivity index (χ0n) is 12.5. The molecule has 2 unspecified atom stereocenters. The van der Waals surface area contributed by atoms with Crippen molar-refractivity contribution in [2.24, 2.45) is 17.4 Å². The highest BCUT2D eigenvalue weighted by Crippen LogP contribution is 2.05. The molecule has 7 N–H and O–H groups in total. The van der Waals surface area contributed by atoms with Gasteiger partial charge in [-0.1, -0.05) is 13.8 Å². The molecule has 2 atom stereocenters. The molecule has 0 saturated carbocycles. The van der Waals surface area contributed by atoms with Crippen molar-refractivity contribution in [2.45, 2.75) is 32.4 Å². The zero-order chi connectivity index (χ0) is 17.3. The van der Waals surface area contributed by atoms with Crippen LogP contribution in [0.25, 0.3) is 0 Å². The number of hydrogen-bond acceptors (Lipinski definition) is 5. The molecule has 0 aromatic carbocycles. The molecule has 0 saturated heterocycles. The molecule has 0 aromatic heterocycles. The molecule has 9 heteroatoms. The van der Waals surface area contributed by atoms with Crippen LogP contribution in [0.1, 0.15) is 20.3 Å². The summed E-state index contributed by atoms with van der Waals surface area (Å²) in [5, 5.41) is 13.6. The van der Waals surface area contributed by atoms with Crippen molar-refractivity contribution < 1.29 is 24.3 Å². The summed E-state index contributed by atoms with van der Waals surface area (Å²) >= 11 is 0. The van der Waals surface area contributed by atoms with Crippen molar-refractivity contribution in [1.82, 2.24) is 10.6 Å². The van der Waals surface area contributed by atoms with Gasteiger partial charge in [-0.2, -0.15) is 0 Å². The van der Waals surface area contributed by atoms with Gasteiger partial charge in [-0.25, -0.2) is 4.79 Å². The van der Waals surface area contributed by atoms with Gasteiger partial charge in [0, 0.05) is 18.7 Å². The van der Waals surface area contributed by atoms with Gasteiger partial charge in [0.1, 0.15) is 12.1 Å². The van der Waals surface area contributed by atoms with Gasteiger partial charge in [-0.3, -0.25) is 14.4 Å². The molecule has 9 nitrogen and oxygen atoms in total. The Bertz CT molecular complexity index is 461. The first-order valence-electron chi connectivity index (χ1n) is 6.67. The molecule has 0 heterocycles. The third kappa shape index (κ3) is 8.69. The van der Waals surface area contributed by atoms with Crippen LogP contribution in [0.3, 0.4) is 0 Å². The minimum Gasteiger partial charge on any atom is -0.480 e. The summed E-state index contributed by atoms with van der Waals surface area (Å²) in [6.45, 7) is 3.45. The Kier molecular flexibility index (Phi) is 8.46. The number of nitrogens with two attached hydrogens (primary N) is 2. The first kappa shape index (κ1) is 19.6. The summed E-state index contributed by atoms with van der Waals surface area (Å²) in [6, 6.07) is -2.15. The van der Waals surface area contributed by atoms with Gasteiger partial charge in [0.15, 0.2) is 0 Å². The maximum absolute atomic E-state index is 11.8. The average Bonchev–Trinajstić information content (AvgIpc) is 2.40. The fourth-order valence-corrected chi connectivity index (χ4v) is 1.49. The van der Waals surface area contributed by atoms with E-state index >= 15 is 0 Å². The van der Waals surface area contributed by atoms with Crippen molar-refractivity contribution in [1.29, 1.82) is 0 Å². The second-order valence-corrected chi connectivity index (χ2v) is 5.12. The van der Waals surface area contributed by atoms with E-state index in [0.717, 1.165) is 12.2 Å². The fourth-order valence-electron chi connectivity index (χ4n) is 1.49. The Morgan fingerprint density at radius 2 is 1.77 bits per heavy atom. The van der Waals surface area contributed by atoms with E-state index in [1.807, 2.05) is 13.8 Å². The Balaban J connectivity index is 4.38. The van der Waals surface area contributed by atoms with Gasteiger partial charge < -0.3 is 27.2 Å². The summed E-state index contributed by atoms with van der Waals surface area (Å²) in [6.07, 6.45) is 2.04. The lowest BCUT2D eigenvalue weighted by Gasteiger charge is -2.19. The summed E-state index contributed by atoms with van der Waals surface area (Å²) < 4.78 is 0. The molecule has 0 spiro atoms. The van der Waals surface area contributed by atoms with E-state index in [1.165, 1.54) is 0 Å². The number of carboxylic acid groups (broad SMARTS) is 1. The minimum absolute atomic E-state index is 0.0799. The lowest BCUT2D eigenvalue weighted by atomic mass is 10.0. The van der Waals surface area contributed by atoms with Crippen molar-refractivity contribution in [3.63, 3.8) is 0 Å². The molecule has 3 amide bonds. The van der Waals surface area contributed by atoms with E-state index in [1.54, 1.807) is 0 Å². The largest absolute Gasteiger partial charge is 0.480 e. The van der Waals surface area contributed by atoms with Gasteiger partial charge >= 0.3 is 5.97 Å². The molecule has 0 rings (SSSR count). The smallest absolute Gasteiger partial charge is 0.326 e. The third-order valence-electron chi connectivity index (χ3n) is 2.55. The van der Waals surface area contributed by atoms with Crippen LogP contribution >= 0.6 is 0 Å². The number of aliphatic carboxylic acids is 1. The van der Waals surface area contributed by atoms with Crippen LogP contribution < -0.4 is 22.1 Å². The molecule has 0 aliphatic rings. The predicted molar refractivity (Wildman–Crippen MR) is 78.3 cm³/mol. The molecule has 22 heavy (non-hydrogen) atoms. The molecule has 0 aromatic rings. The summed E-state index contributed by atoms with van der Waals surface area (Å²) in [4.78, 5) is 44.5. The van der Waals surface area contributed by atoms with E-state index in [-0.39, 0.29) is 18.9 Å². The first-order chi connectivity index (χ1) is 10.1. The zero-order valence-corrected chi connectivity index (χ0v) is 12.5. The summed E-state index contributed by atoms with van der Waals surface area (Å²) in [5.74, 6) is -3.18. The van der Waals surface area contributed by atoms with Gasteiger partial charge in [-0.15, -0.1) is 0 Å². The molecule has 0 radical (unpaired) electrons. The summed E-state index contributed by atoms with van der Waals surface area (Å²) in [7, 11) is 0. The lowest BCUT2D eigenvalue weighted by Crippen LogP contribution is -2.52. The SMILES string of the molecule is CC(C)CC(NC(=O)C(N)CNC(=O)C=CC(N)=O)C(=O)O. The number of rotatable bonds is 9. The number of carbonyl (C=O) groups is 4. The monoisotopic (exact) mass is 314 g/mol. The highest BCUT2D eigenvalue weighted by Gasteiger charge is 2.24. The second-order valence-electron chi connectivity index (χ2n) is 5.12.